The molecule has 20 heavy (non-hydrogen) atoms. The zero-order chi connectivity index (χ0) is 14.7. The van der Waals surface area contributed by atoms with Gasteiger partial charge in [0.2, 0.25) is 0 Å². The van der Waals surface area contributed by atoms with Gasteiger partial charge in [0.1, 0.15) is 11.5 Å². The van der Waals surface area contributed by atoms with Crippen LogP contribution in [0, 0.1) is 0 Å². The molecule has 1 aliphatic heterocycles. The topological polar surface area (TPSA) is 46.6 Å². The molecule has 1 fully saturated rings. The number of nitrogens with zero attached hydrogens (tertiary/aromatic N) is 1. The number of amides is 1. The lowest BCUT2D eigenvalue weighted by Gasteiger charge is -2.26. The fraction of sp³-hybridized carbons (Fsp3) is 0.500. The van der Waals surface area contributed by atoms with Crippen LogP contribution in [-0.4, -0.2) is 36.8 Å². The van der Waals surface area contributed by atoms with Gasteiger partial charge in [-0.3, -0.25) is 9.59 Å². The highest BCUT2D eigenvalue weighted by molar-refractivity contribution is 5.98. The van der Waals surface area contributed by atoms with Crippen molar-refractivity contribution >= 4 is 11.7 Å². The van der Waals surface area contributed by atoms with Crippen molar-refractivity contribution in [1.29, 1.82) is 0 Å². The molecule has 1 amide bonds. The van der Waals surface area contributed by atoms with Crippen LogP contribution in [0.3, 0.4) is 0 Å². The quantitative estimate of drug-likeness (QED) is 0.852. The second kappa shape index (κ2) is 6.07. The molecule has 0 radical (unpaired) electrons. The third-order valence-corrected chi connectivity index (χ3v) is 3.73. The molecule has 0 atom stereocenters. The molecule has 1 saturated heterocycles. The highest BCUT2D eigenvalue weighted by atomic mass is 16.5. The van der Waals surface area contributed by atoms with Gasteiger partial charge < -0.3 is 9.64 Å². The Kier molecular flexibility index (Phi) is 4.42. The number of carbonyl (C=O) groups is 2. The van der Waals surface area contributed by atoms with Crippen LogP contribution in [0.1, 0.15) is 48.5 Å². The van der Waals surface area contributed by atoms with Crippen LogP contribution in [-0.2, 0) is 4.79 Å². The van der Waals surface area contributed by atoms with Gasteiger partial charge in [-0.2, -0.15) is 0 Å². The van der Waals surface area contributed by atoms with Gasteiger partial charge in [-0.1, -0.05) is 19.9 Å². The fourth-order valence-electron chi connectivity index (χ4n) is 2.37. The van der Waals surface area contributed by atoms with Crippen molar-refractivity contribution in [3.8, 4) is 5.75 Å². The van der Waals surface area contributed by atoms with Crippen LogP contribution < -0.4 is 4.74 Å². The highest BCUT2D eigenvalue weighted by Gasteiger charge is 2.24. The van der Waals surface area contributed by atoms with Crippen molar-refractivity contribution < 1.29 is 14.3 Å². The van der Waals surface area contributed by atoms with Gasteiger partial charge in [0.15, 0.2) is 0 Å². The molecule has 4 nitrogen and oxygen atoms in total. The predicted octanol–water partition coefficient (Wildman–Crippen LogP) is 2.62. The van der Waals surface area contributed by atoms with Gasteiger partial charge in [0.05, 0.1) is 12.7 Å². The molecule has 0 aromatic heterocycles. The molecule has 0 spiro atoms. The number of benzene rings is 1. The van der Waals surface area contributed by atoms with E-state index in [1.54, 1.807) is 12.0 Å². The Labute approximate surface area is 119 Å². The molecule has 0 N–H and O–H groups in total. The normalized spacial score (nSPS) is 15.6. The van der Waals surface area contributed by atoms with E-state index in [-0.39, 0.29) is 11.7 Å². The first-order valence-corrected chi connectivity index (χ1v) is 7.02. The molecule has 4 heteroatoms. The minimum absolute atomic E-state index is 0.0512. The number of rotatable bonds is 3. The average Bonchev–Trinajstić information content (AvgIpc) is 2.46. The summed E-state index contributed by atoms with van der Waals surface area (Å²) in [4.78, 5) is 25.5. The Morgan fingerprint density at radius 1 is 1.25 bits per heavy atom. The lowest BCUT2D eigenvalue weighted by Crippen LogP contribution is -2.38. The standard InChI is InChI=1S/C16H21NO3/c1-11(2)12-4-5-14(15(10-12)20-3)16(19)17-8-6-13(18)7-9-17/h4-5,10-11H,6-9H2,1-3H3. The lowest BCUT2D eigenvalue weighted by atomic mass is 10.00. The molecule has 2 rings (SSSR count). The summed E-state index contributed by atoms with van der Waals surface area (Å²) >= 11 is 0. The minimum Gasteiger partial charge on any atom is -0.496 e. The van der Waals surface area contributed by atoms with Crippen LogP contribution in [0.5, 0.6) is 5.75 Å². The summed E-state index contributed by atoms with van der Waals surface area (Å²) in [5.74, 6) is 1.18. The van der Waals surface area contributed by atoms with E-state index < -0.39 is 0 Å². The van der Waals surface area contributed by atoms with Gasteiger partial charge in [-0.15, -0.1) is 0 Å². The van der Waals surface area contributed by atoms with Crippen molar-refractivity contribution in [3.63, 3.8) is 0 Å². The van der Waals surface area contributed by atoms with Crippen LogP contribution in [0.15, 0.2) is 18.2 Å². The maximum atomic E-state index is 12.5. The summed E-state index contributed by atoms with van der Waals surface area (Å²) in [7, 11) is 1.58. The van der Waals surface area contributed by atoms with Gasteiger partial charge in [-0.05, 0) is 23.6 Å². The van der Waals surface area contributed by atoms with Crippen LogP contribution in [0.25, 0.3) is 0 Å². The first-order chi connectivity index (χ1) is 9.52. The van der Waals surface area contributed by atoms with Gasteiger partial charge in [0.25, 0.3) is 5.91 Å². The zero-order valence-corrected chi connectivity index (χ0v) is 12.3. The van der Waals surface area contributed by atoms with E-state index in [0.29, 0.717) is 43.2 Å². The van der Waals surface area contributed by atoms with Gasteiger partial charge >= 0.3 is 0 Å². The van der Waals surface area contributed by atoms with E-state index in [0.717, 1.165) is 5.56 Å². The molecule has 0 bridgehead atoms. The molecule has 0 aliphatic carbocycles. The van der Waals surface area contributed by atoms with E-state index in [4.69, 9.17) is 4.74 Å². The molecule has 1 aliphatic rings. The van der Waals surface area contributed by atoms with Crippen molar-refractivity contribution in [2.24, 2.45) is 0 Å². The van der Waals surface area contributed by atoms with Crippen LogP contribution in [0.2, 0.25) is 0 Å². The number of hydrogen-bond donors (Lipinski definition) is 0. The Morgan fingerprint density at radius 3 is 2.45 bits per heavy atom. The van der Waals surface area contributed by atoms with Crippen molar-refractivity contribution in [2.75, 3.05) is 20.2 Å². The molecule has 1 heterocycles. The Bertz CT molecular complexity index is 512. The Morgan fingerprint density at radius 2 is 1.90 bits per heavy atom. The number of likely N-dealkylation sites (tertiary alicyclic amines) is 1. The van der Waals surface area contributed by atoms with E-state index in [9.17, 15) is 9.59 Å². The largest absolute Gasteiger partial charge is 0.496 e. The zero-order valence-electron chi connectivity index (χ0n) is 12.3. The van der Waals surface area contributed by atoms with Crippen molar-refractivity contribution in [3.05, 3.63) is 29.3 Å². The summed E-state index contributed by atoms with van der Waals surface area (Å²) in [6, 6.07) is 5.72. The van der Waals surface area contributed by atoms with Crippen molar-refractivity contribution in [1.82, 2.24) is 4.90 Å². The molecular formula is C16H21NO3. The Hall–Kier alpha value is -1.84. The fourth-order valence-corrected chi connectivity index (χ4v) is 2.37. The first-order valence-electron chi connectivity index (χ1n) is 7.02. The number of carbonyl (C=O) groups excluding carboxylic acids is 2. The van der Waals surface area contributed by atoms with Gasteiger partial charge in [0, 0.05) is 25.9 Å². The predicted molar refractivity (Wildman–Crippen MR) is 77.2 cm³/mol. The lowest BCUT2D eigenvalue weighted by molar-refractivity contribution is -0.120. The van der Waals surface area contributed by atoms with E-state index in [2.05, 4.69) is 13.8 Å². The summed E-state index contributed by atoms with van der Waals surface area (Å²) < 4.78 is 5.35. The molecule has 1 aromatic rings. The summed E-state index contributed by atoms with van der Waals surface area (Å²) in [6.07, 6.45) is 0.913. The smallest absolute Gasteiger partial charge is 0.257 e. The third-order valence-electron chi connectivity index (χ3n) is 3.73. The van der Waals surface area contributed by atoms with Crippen LogP contribution in [0.4, 0.5) is 0 Å². The maximum absolute atomic E-state index is 12.5. The summed E-state index contributed by atoms with van der Waals surface area (Å²) in [6.45, 7) is 5.22. The van der Waals surface area contributed by atoms with Crippen LogP contribution >= 0.6 is 0 Å². The number of ketones is 1. The van der Waals surface area contributed by atoms with Crippen molar-refractivity contribution in [2.45, 2.75) is 32.6 Å². The first kappa shape index (κ1) is 14.6. The third kappa shape index (κ3) is 3.00. The maximum Gasteiger partial charge on any atom is 0.257 e. The second-order valence-corrected chi connectivity index (χ2v) is 5.45. The number of Topliss-reactive ketones (excluding diaryl/α,β-unsaturated/α-hetero) is 1. The van der Waals surface area contributed by atoms with Gasteiger partial charge in [-0.25, -0.2) is 0 Å². The molecule has 1 aromatic carbocycles. The molecule has 0 saturated carbocycles. The second-order valence-electron chi connectivity index (χ2n) is 5.45. The number of methoxy groups -OCH3 is 1. The molecule has 0 unspecified atom stereocenters. The Balaban J connectivity index is 2.23. The number of hydrogen-bond acceptors (Lipinski definition) is 3. The van der Waals surface area contributed by atoms with E-state index in [1.165, 1.54) is 0 Å². The number of ether oxygens (including phenoxy) is 1. The minimum atomic E-state index is -0.0512. The summed E-state index contributed by atoms with van der Waals surface area (Å²) in [5.41, 5.74) is 1.72. The SMILES string of the molecule is COc1cc(C(C)C)ccc1C(=O)N1CCC(=O)CC1. The molecule has 108 valence electrons. The summed E-state index contributed by atoms with van der Waals surface area (Å²) in [5, 5.41) is 0. The average molecular weight is 275 g/mol. The van der Waals surface area contributed by atoms with E-state index >= 15 is 0 Å². The molecular weight excluding hydrogens is 254 g/mol. The number of piperidine rings is 1. The monoisotopic (exact) mass is 275 g/mol. The highest BCUT2D eigenvalue weighted by Crippen LogP contribution is 2.26. The van der Waals surface area contributed by atoms with E-state index in [1.807, 2.05) is 18.2 Å².